The van der Waals surface area contributed by atoms with Gasteiger partial charge in [-0.05, 0) is 17.9 Å². The molecule has 0 bridgehead atoms. The quantitative estimate of drug-likeness (QED) is 0.838. The molecule has 20 heavy (non-hydrogen) atoms. The second-order valence-electron chi connectivity index (χ2n) is 5.22. The summed E-state index contributed by atoms with van der Waals surface area (Å²) in [6, 6.07) is 2.05. The van der Waals surface area contributed by atoms with Gasteiger partial charge in [-0.3, -0.25) is 9.59 Å². The molecule has 0 aromatic carbocycles. The van der Waals surface area contributed by atoms with Gasteiger partial charge in [0.05, 0.1) is 24.3 Å². The lowest BCUT2D eigenvalue weighted by Crippen LogP contribution is -2.40. The maximum Gasteiger partial charge on any atom is 0.255 e. The van der Waals surface area contributed by atoms with Crippen LogP contribution in [0.5, 0.6) is 0 Å². The van der Waals surface area contributed by atoms with Crippen LogP contribution in [0.1, 0.15) is 23.2 Å². The number of carbonyl (C=O) groups excluding carboxylic acids is 2. The molecule has 3 heterocycles. The van der Waals surface area contributed by atoms with Crippen molar-refractivity contribution in [1.82, 2.24) is 9.80 Å². The van der Waals surface area contributed by atoms with Gasteiger partial charge >= 0.3 is 0 Å². The van der Waals surface area contributed by atoms with Gasteiger partial charge in [-0.15, -0.1) is 0 Å². The topological polar surface area (TPSA) is 49.9 Å². The first-order chi connectivity index (χ1) is 9.72. The van der Waals surface area contributed by atoms with Crippen LogP contribution >= 0.6 is 11.3 Å². The molecule has 6 heteroatoms. The summed E-state index contributed by atoms with van der Waals surface area (Å²) >= 11 is 1.52. The molecule has 2 amide bonds. The Morgan fingerprint density at radius 1 is 1.50 bits per heavy atom. The molecule has 0 saturated carbocycles. The molecule has 0 radical (unpaired) electrons. The van der Waals surface area contributed by atoms with E-state index in [-0.39, 0.29) is 23.9 Å². The molecule has 2 fully saturated rings. The van der Waals surface area contributed by atoms with E-state index in [4.69, 9.17) is 4.74 Å². The Balaban J connectivity index is 1.73. The molecule has 0 unspecified atom stereocenters. The fraction of sp³-hybridized carbons (Fsp3) is 0.571. The van der Waals surface area contributed by atoms with E-state index < -0.39 is 0 Å². The van der Waals surface area contributed by atoms with Crippen molar-refractivity contribution in [2.24, 2.45) is 0 Å². The summed E-state index contributed by atoms with van der Waals surface area (Å²) < 4.78 is 5.06. The van der Waals surface area contributed by atoms with Crippen molar-refractivity contribution in [3.05, 3.63) is 22.4 Å². The van der Waals surface area contributed by atoms with Crippen molar-refractivity contribution in [1.29, 1.82) is 0 Å². The highest BCUT2D eigenvalue weighted by atomic mass is 32.1. The minimum atomic E-state index is 0.0340. The number of methoxy groups -OCH3 is 1. The van der Waals surface area contributed by atoms with Crippen LogP contribution in [0.3, 0.4) is 0 Å². The highest BCUT2D eigenvalue weighted by Crippen LogP contribution is 2.33. The van der Waals surface area contributed by atoms with Gasteiger partial charge in [0.2, 0.25) is 5.91 Å². The molecule has 5 nitrogen and oxygen atoms in total. The van der Waals surface area contributed by atoms with Gasteiger partial charge in [0.1, 0.15) is 0 Å². The van der Waals surface area contributed by atoms with Crippen molar-refractivity contribution in [3.8, 4) is 0 Å². The normalized spacial score (nSPS) is 25.4. The highest BCUT2D eigenvalue weighted by Gasteiger charge is 2.48. The van der Waals surface area contributed by atoms with Gasteiger partial charge in [0.25, 0.3) is 5.91 Å². The third-order valence-corrected chi connectivity index (χ3v) is 4.86. The second-order valence-corrected chi connectivity index (χ2v) is 6.00. The maximum atomic E-state index is 12.5. The maximum absolute atomic E-state index is 12.5. The van der Waals surface area contributed by atoms with Crippen LogP contribution in [-0.2, 0) is 9.53 Å². The molecule has 2 atom stereocenters. The Bertz CT molecular complexity index is 503. The predicted octanol–water partition coefficient (Wildman–Crippen LogP) is 1.21. The summed E-state index contributed by atoms with van der Waals surface area (Å²) in [4.78, 5) is 28.3. The summed E-state index contributed by atoms with van der Waals surface area (Å²) in [7, 11) is 1.64. The van der Waals surface area contributed by atoms with E-state index in [1.807, 2.05) is 26.6 Å². The highest BCUT2D eigenvalue weighted by molar-refractivity contribution is 7.08. The lowest BCUT2D eigenvalue weighted by molar-refractivity contribution is -0.129. The number of nitrogens with zero attached hydrogens (tertiary/aromatic N) is 2. The van der Waals surface area contributed by atoms with Gasteiger partial charge in [-0.2, -0.15) is 11.3 Å². The number of thiophene rings is 1. The summed E-state index contributed by atoms with van der Waals surface area (Å²) in [5.41, 5.74) is 0.735. The Labute approximate surface area is 122 Å². The van der Waals surface area contributed by atoms with Crippen LogP contribution in [-0.4, -0.2) is 60.5 Å². The van der Waals surface area contributed by atoms with Gasteiger partial charge in [0, 0.05) is 32.0 Å². The van der Waals surface area contributed by atoms with Crippen molar-refractivity contribution in [2.75, 3.05) is 26.8 Å². The van der Waals surface area contributed by atoms with Crippen LogP contribution in [0.2, 0.25) is 0 Å². The zero-order valence-corrected chi connectivity index (χ0v) is 12.3. The molecule has 0 spiro atoms. The average molecular weight is 294 g/mol. The van der Waals surface area contributed by atoms with E-state index >= 15 is 0 Å². The number of hydrogen-bond donors (Lipinski definition) is 0. The number of carbonyl (C=O) groups is 2. The van der Waals surface area contributed by atoms with Gasteiger partial charge in [-0.25, -0.2) is 0 Å². The van der Waals surface area contributed by atoms with Crippen LogP contribution in [0, 0.1) is 0 Å². The minimum Gasteiger partial charge on any atom is -0.383 e. The molecule has 0 N–H and O–H groups in total. The molecule has 108 valence electrons. The summed E-state index contributed by atoms with van der Waals surface area (Å²) in [5, 5.41) is 3.78. The van der Waals surface area contributed by atoms with Gasteiger partial charge in [-0.1, -0.05) is 0 Å². The second kappa shape index (κ2) is 5.54. The smallest absolute Gasteiger partial charge is 0.255 e. The van der Waals surface area contributed by atoms with Crippen molar-refractivity contribution >= 4 is 23.2 Å². The van der Waals surface area contributed by atoms with Gasteiger partial charge in [0.15, 0.2) is 0 Å². The molecule has 1 aromatic heterocycles. The van der Waals surface area contributed by atoms with E-state index in [9.17, 15) is 9.59 Å². The number of likely N-dealkylation sites (tertiary alicyclic amines) is 2. The summed E-state index contributed by atoms with van der Waals surface area (Å²) in [6.45, 7) is 1.91. The molecule has 1 aromatic rings. The van der Waals surface area contributed by atoms with Crippen LogP contribution in [0.15, 0.2) is 16.8 Å². The molecule has 3 rings (SSSR count). The first-order valence-electron chi connectivity index (χ1n) is 6.84. The fourth-order valence-corrected chi connectivity index (χ4v) is 3.84. The van der Waals surface area contributed by atoms with Crippen LogP contribution < -0.4 is 0 Å². The lowest BCUT2D eigenvalue weighted by atomic mass is 10.1. The molecule has 2 aliphatic rings. The average Bonchev–Trinajstić information content (AvgIpc) is 3.12. The fourth-order valence-electron chi connectivity index (χ4n) is 3.21. The standard InChI is InChI=1S/C14H18N2O3S/c1-19-6-5-15-11-2-4-16(12(11)8-13(15)17)14(18)10-3-7-20-9-10/h3,7,9,11-12H,2,4-6,8H2,1H3/t11-,12-/m0/s1. The number of hydrogen-bond acceptors (Lipinski definition) is 4. The van der Waals surface area contributed by atoms with Crippen molar-refractivity contribution < 1.29 is 14.3 Å². The zero-order chi connectivity index (χ0) is 14.1. The zero-order valence-electron chi connectivity index (χ0n) is 11.4. The van der Waals surface area contributed by atoms with E-state index in [2.05, 4.69) is 0 Å². The molecule has 0 aliphatic carbocycles. The molecule has 2 saturated heterocycles. The third kappa shape index (κ3) is 2.23. The number of rotatable bonds is 4. The van der Waals surface area contributed by atoms with Gasteiger partial charge < -0.3 is 14.5 Å². The first-order valence-corrected chi connectivity index (χ1v) is 7.78. The SMILES string of the molecule is COCCN1C(=O)C[C@H]2[C@@H]1CCN2C(=O)c1ccsc1. The van der Waals surface area contributed by atoms with E-state index in [1.54, 1.807) is 7.11 Å². The first kappa shape index (κ1) is 13.6. The Kier molecular flexibility index (Phi) is 3.76. The monoisotopic (exact) mass is 294 g/mol. The van der Waals surface area contributed by atoms with E-state index in [1.165, 1.54) is 11.3 Å². The Morgan fingerprint density at radius 2 is 2.35 bits per heavy atom. The largest absolute Gasteiger partial charge is 0.383 e. The molecular weight excluding hydrogens is 276 g/mol. The summed E-state index contributed by atoms with van der Waals surface area (Å²) in [5.74, 6) is 0.194. The van der Waals surface area contributed by atoms with E-state index in [0.29, 0.717) is 19.6 Å². The Hall–Kier alpha value is -1.40. The number of amides is 2. The van der Waals surface area contributed by atoms with E-state index in [0.717, 1.165) is 18.5 Å². The van der Waals surface area contributed by atoms with Crippen LogP contribution in [0.4, 0.5) is 0 Å². The van der Waals surface area contributed by atoms with Crippen LogP contribution in [0.25, 0.3) is 0 Å². The third-order valence-electron chi connectivity index (χ3n) is 4.18. The minimum absolute atomic E-state index is 0.0340. The molecular formula is C14H18N2O3S. The summed E-state index contributed by atoms with van der Waals surface area (Å²) in [6.07, 6.45) is 1.32. The Morgan fingerprint density at radius 3 is 3.05 bits per heavy atom. The number of ether oxygens (including phenoxy) is 1. The lowest BCUT2D eigenvalue weighted by Gasteiger charge is -2.25. The van der Waals surface area contributed by atoms with Crippen molar-refractivity contribution in [3.63, 3.8) is 0 Å². The molecule has 2 aliphatic heterocycles. The predicted molar refractivity (Wildman–Crippen MR) is 75.8 cm³/mol. The van der Waals surface area contributed by atoms with Crippen molar-refractivity contribution in [2.45, 2.75) is 24.9 Å². The number of fused-ring (bicyclic) bond motifs is 1.